The molecule has 2 unspecified atom stereocenters. The zero-order chi connectivity index (χ0) is 23.8. The Morgan fingerprint density at radius 2 is 1.91 bits per heavy atom. The van der Waals surface area contributed by atoms with Gasteiger partial charge in [-0.05, 0) is 68.5 Å². The number of piperazine rings is 1. The van der Waals surface area contributed by atoms with Crippen LogP contribution in [0.4, 0.5) is 11.6 Å². The van der Waals surface area contributed by atoms with Gasteiger partial charge in [-0.2, -0.15) is 4.98 Å². The fourth-order valence-corrected chi connectivity index (χ4v) is 5.23. The van der Waals surface area contributed by atoms with Crippen molar-refractivity contribution in [1.82, 2.24) is 24.8 Å². The van der Waals surface area contributed by atoms with Gasteiger partial charge in [0, 0.05) is 61.6 Å². The van der Waals surface area contributed by atoms with Gasteiger partial charge in [0.25, 0.3) is 0 Å². The maximum absolute atomic E-state index is 9.05. The molecule has 3 aromatic rings. The number of aliphatic hydroxyl groups excluding tert-OH is 1. The Morgan fingerprint density at radius 3 is 2.59 bits per heavy atom. The number of hydrogen-bond donors (Lipinski definition) is 3. The summed E-state index contributed by atoms with van der Waals surface area (Å²) in [7, 11) is 0. The average molecular weight is 463 g/mol. The van der Waals surface area contributed by atoms with Gasteiger partial charge in [0.1, 0.15) is 18.2 Å². The van der Waals surface area contributed by atoms with E-state index in [0.29, 0.717) is 18.0 Å². The molecular weight excluding hydrogens is 428 g/mol. The lowest BCUT2D eigenvalue weighted by atomic mass is 10.1. The molecule has 0 spiro atoms. The predicted octanol–water partition coefficient (Wildman–Crippen LogP) is 3.16. The zero-order valence-corrected chi connectivity index (χ0v) is 20.4. The number of anilines is 2. The van der Waals surface area contributed by atoms with Crippen LogP contribution in [0.15, 0.2) is 30.7 Å². The van der Waals surface area contributed by atoms with Gasteiger partial charge < -0.3 is 25.0 Å². The van der Waals surface area contributed by atoms with Crippen LogP contribution >= 0.6 is 0 Å². The third kappa shape index (κ3) is 4.53. The van der Waals surface area contributed by atoms with Crippen molar-refractivity contribution in [2.24, 2.45) is 0 Å². The minimum Gasteiger partial charge on any atom is -0.491 e. The summed E-state index contributed by atoms with van der Waals surface area (Å²) in [6.45, 7) is 11.7. The Kier molecular flexibility index (Phi) is 6.29. The van der Waals surface area contributed by atoms with E-state index in [4.69, 9.17) is 14.8 Å². The summed E-state index contributed by atoms with van der Waals surface area (Å²) in [5, 5.41) is 16.0. The molecule has 180 valence electrons. The molecule has 0 aliphatic carbocycles. The van der Waals surface area contributed by atoms with Crippen molar-refractivity contribution in [3.8, 4) is 11.6 Å². The van der Waals surface area contributed by atoms with E-state index in [9.17, 15) is 0 Å². The van der Waals surface area contributed by atoms with Crippen LogP contribution in [0.25, 0.3) is 5.82 Å². The van der Waals surface area contributed by atoms with Crippen molar-refractivity contribution < 1.29 is 9.84 Å². The second kappa shape index (κ2) is 9.37. The maximum atomic E-state index is 9.05. The quantitative estimate of drug-likeness (QED) is 0.474. The molecule has 1 aromatic carbocycles. The molecule has 3 N–H and O–H groups in total. The van der Waals surface area contributed by atoms with Gasteiger partial charge in [0.15, 0.2) is 0 Å². The van der Waals surface area contributed by atoms with E-state index in [1.807, 2.05) is 39.1 Å². The maximum Gasteiger partial charge on any atom is 0.229 e. The van der Waals surface area contributed by atoms with E-state index < -0.39 is 0 Å². The molecule has 8 nitrogen and oxygen atoms in total. The molecule has 0 saturated carbocycles. The number of rotatable bonds is 8. The average Bonchev–Trinajstić information content (AvgIpc) is 3.51. The van der Waals surface area contributed by atoms with Crippen molar-refractivity contribution in [3.63, 3.8) is 0 Å². The number of fused-ring (bicyclic) bond motifs is 2. The Labute approximate surface area is 201 Å². The molecule has 2 aromatic heterocycles. The second-order valence-electron chi connectivity index (χ2n) is 9.63. The lowest BCUT2D eigenvalue weighted by Crippen LogP contribution is -2.43. The van der Waals surface area contributed by atoms with E-state index in [2.05, 4.69) is 44.4 Å². The first-order valence-electron chi connectivity index (χ1n) is 12.0. The van der Waals surface area contributed by atoms with Crippen LogP contribution < -0.4 is 15.4 Å². The summed E-state index contributed by atoms with van der Waals surface area (Å²) in [6.07, 6.45) is 7.52. The number of ether oxygens (including phenoxy) is 1. The summed E-state index contributed by atoms with van der Waals surface area (Å²) in [4.78, 5) is 12.0. The molecule has 2 bridgehead atoms. The number of hydrogen-bond acceptors (Lipinski definition) is 7. The fraction of sp³-hybridized carbons (Fsp3) is 0.462. The molecule has 2 fully saturated rings. The molecule has 2 aliphatic heterocycles. The number of aryl methyl sites for hydroxylation is 4. The summed E-state index contributed by atoms with van der Waals surface area (Å²) in [6, 6.07) is 5.35. The van der Waals surface area contributed by atoms with Crippen molar-refractivity contribution in [1.29, 1.82) is 0 Å². The van der Waals surface area contributed by atoms with E-state index in [1.54, 1.807) is 0 Å². The highest BCUT2D eigenvalue weighted by molar-refractivity contribution is 5.60. The minimum absolute atomic E-state index is 0.00418. The fourth-order valence-electron chi connectivity index (χ4n) is 5.23. The van der Waals surface area contributed by atoms with Crippen LogP contribution in [0.3, 0.4) is 0 Å². The Morgan fingerprint density at radius 1 is 1.12 bits per heavy atom. The van der Waals surface area contributed by atoms with Gasteiger partial charge in [0.05, 0.1) is 6.61 Å². The number of aliphatic hydroxyl groups is 1. The van der Waals surface area contributed by atoms with Gasteiger partial charge in [-0.25, -0.2) is 4.98 Å². The van der Waals surface area contributed by atoms with Crippen LogP contribution in [0.5, 0.6) is 5.75 Å². The number of benzene rings is 1. The monoisotopic (exact) mass is 462 g/mol. The molecule has 2 atom stereocenters. The van der Waals surface area contributed by atoms with Gasteiger partial charge in [-0.15, -0.1) is 0 Å². The van der Waals surface area contributed by atoms with Crippen LogP contribution in [-0.4, -0.2) is 62.9 Å². The molecule has 8 heteroatoms. The molecule has 2 saturated heterocycles. The topological polar surface area (TPSA) is 87.5 Å². The smallest absolute Gasteiger partial charge is 0.229 e. The lowest BCUT2D eigenvalue weighted by Gasteiger charge is -2.27. The first kappa shape index (κ1) is 22.8. The van der Waals surface area contributed by atoms with Gasteiger partial charge in [-0.3, -0.25) is 4.90 Å². The largest absolute Gasteiger partial charge is 0.491 e. The van der Waals surface area contributed by atoms with E-state index in [0.717, 1.165) is 53.6 Å². The van der Waals surface area contributed by atoms with Crippen molar-refractivity contribution in [3.05, 3.63) is 58.5 Å². The van der Waals surface area contributed by atoms with Crippen LogP contribution in [0.1, 0.15) is 34.2 Å². The Bertz CT molecular complexity index is 1170. The number of aromatic nitrogens is 3. The van der Waals surface area contributed by atoms with Crippen LogP contribution in [-0.2, 0) is 6.54 Å². The molecular formula is C26H34N6O2. The standard InChI is InChI=1S/C26H34N6O2/c1-16-7-21(8-17(2)24(16)34-6-5-33)29-26-28-10-18(3)25(30-26)32-12-19(4)20(14-32)13-31-15-22-9-23(31)11-27-22/h7-8,10,12,14,22-23,27,33H,5-6,9,11,13,15H2,1-4H3,(H,28,29,30). The molecule has 0 radical (unpaired) electrons. The summed E-state index contributed by atoms with van der Waals surface area (Å²) < 4.78 is 7.80. The summed E-state index contributed by atoms with van der Waals surface area (Å²) >= 11 is 0. The van der Waals surface area contributed by atoms with Crippen LogP contribution in [0, 0.1) is 27.7 Å². The first-order chi connectivity index (χ1) is 16.4. The predicted molar refractivity (Wildman–Crippen MR) is 133 cm³/mol. The third-order valence-corrected chi connectivity index (χ3v) is 6.92. The van der Waals surface area contributed by atoms with Crippen LogP contribution in [0.2, 0.25) is 0 Å². The molecule has 34 heavy (non-hydrogen) atoms. The molecule has 2 aliphatic rings. The van der Waals surface area contributed by atoms with Crippen molar-refractivity contribution in [2.75, 3.05) is 31.6 Å². The number of nitrogens with one attached hydrogen (secondary N) is 2. The van der Waals surface area contributed by atoms with Crippen molar-refractivity contribution >= 4 is 11.6 Å². The van der Waals surface area contributed by atoms with E-state index >= 15 is 0 Å². The SMILES string of the molecule is Cc1cn(-c2nc(Nc3cc(C)c(OCCO)c(C)c3)ncc2C)cc1CN1CC2CC1CN2. The van der Waals surface area contributed by atoms with Gasteiger partial charge in [0.2, 0.25) is 5.95 Å². The second-order valence-corrected chi connectivity index (χ2v) is 9.63. The highest BCUT2D eigenvalue weighted by Gasteiger charge is 2.37. The summed E-state index contributed by atoms with van der Waals surface area (Å²) in [5.41, 5.74) is 6.57. The Balaban J connectivity index is 1.35. The van der Waals surface area contributed by atoms with Gasteiger partial charge in [-0.1, -0.05) is 0 Å². The highest BCUT2D eigenvalue weighted by Crippen LogP contribution is 2.29. The third-order valence-electron chi connectivity index (χ3n) is 6.92. The van der Waals surface area contributed by atoms with E-state index in [1.165, 1.54) is 17.5 Å². The van der Waals surface area contributed by atoms with Crippen molar-refractivity contribution in [2.45, 2.75) is 52.7 Å². The van der Waals surface area contributed by atoms with Gasteiger partial charge >= 0.3 is 0 Å². The number of nitrogens with zero attached hydrogens (tertiary/aromatic N) is 4. The summed E-state index contributed by atoms with van der Waals surface area (Å²) in [5.74, 6) is 2.24. The molecule has 0 amide bonds. The normalized spacial score (nSPS) is 19.7. The molecule has 5 rings (SSSR count). The molecule has 4 heterocycles. The van der Waals surface area contributed by atoms with E-state index in [-0.39, 0.29) is 13.2 Å². The zero-order valence-electron chi connectivity index (χ0n) is 20.4. The Hall–Kier alpha value is -2.94. The highest BCUT2D eigenvalue weighted by atomic mass is 16.5. The lowest BCUT2D eigenvalue weighted by molar-refractivity contribution is 0.200. The first-order valence-corrected chi connectivity index (χ1v) is 12.0. The number of likely N-dealkylation sites (tertiary alicyclic amines) is 1. The minimum atomic E-state index is -0.00418.